The van der Waals surface area contributed by atoms with Gasteiger partial charge in [0.05, 0.1) is 6.07 Å². The van der Waals surface area contributed by atoms with Crippen molar-refractivity contribution in [3.8, 4) is 6.07 Å². The Morgan fingerprint density at radius 2 is 0.660 bits per heavy atom. The molecule has 0 atom stereocenters. The molecule has 6 aromatic rings. The lowest BCUT2D eigenvalue weighted by Gasteiger charge is -2.40. The van der Waals surface area contributed by atoms with Gasteiger partial charge >= 0.3 is 7.12 Å². The molecule has 6 rings (SSSR count). The summed E-state index contributed by atoms with van der Waals surface area (Å²) in [5, 5.41) is 16.4. The third-order valence-corrected chi connectivity index (χ3v) is 16.8. The van der Waals surface area contributed by atoms with Gasteiger partial charge in [0.1, 0.15) is 0 Å². The number of unbranched alkanes of at least 4 members (excludes halogenated alkanes) is 2. The Bertz CT molecular complexity index is 1520. The zero-order valence-electron chi connectivity index (χ0n) is 26.5. The molecule has 0 unspecified atom stereocenters. The highest BCUT2D eigenvalue weighted by Gasteiger charge is 2.50. The maximum Gasteiger partial charge on any atom is 0.436 e. The summed E-state index contributed by atoms with van der Waals surface area (Å²) in [5.41, 5.74) is 0. The van der Waals surface area contributed by atoms with E-state index < -0.39 is 23.8 Å². The van der Waals surface area contributed by atoms with E-state index >= 15 is 0 Å². The van der Waals surface area contributed by atoms with E-state index in [9.17, 15) is 5.26 Å². The van der Waals surface area contributed by atoms with E-state index in [0.29, 0.717) is 12.7 Å². The summed E-state index contributed by atoms with van der Waals surface area (Å²) >= 11 is 0. The molecule has 230 valence electrons. The van der Waals surface area contributed by atoms with Crippen LogP contribution in [0.2, 0.25) is 6.32 Å². The minimum atomic E-state index is -3.13. The molecule has 0 fully saturated rings. The van der Waals surface area contributed by atoms with E-state index in [-0.39, 0.29) is 0 Å². The molecule has 3 nitrogen and oxygen atoms in total. The number of hydrogen-bond donors (Lipinski definition) is 0. The Balaban J connectivity index is 1.58. The average molecular weight is 644 g/mol. The van der Waals surface area contributed by atoms with E-state index in [4.69, 9.17) is 8.69 Å². The van der Waals surface area contributed by atoms with E-state index in [1.165, 1.54) is 0 Å². The molecule has 6 heteroatoms. The molecule has 0 bridgehead atoms. The highest BCUT2D eigenvalue weighted by atomic mass is 28.4. The van der Waals surface area contributed by atoms with Crippen molar-refractivity contribution >= 4 is 54.9 Å². The average Bonchev–Trinajstić information content (AvgIpc) is 3.16. The Morgan fingerprint density at radius 3 is 0.894 bits per heavy atom. The molecule has 47 heavy (non-hydrogen) atoms. The second-order valence-corrected chi connectivity index (χ2v) is 18.3. The standard InChI is InChI=1S/C41H38BNO2Si2/c43-35-21-7-20-34-42(44-46(36-22-8-1-9-23-36,37-24-10-2-11-25-37)38-26-12-3-13-27-38)45-47(39-28-14-4-15-29-39,40-30-16-5-17-31-40)41-32-18-6-19-33-41/h1-6,8-19,22-33H,7,20-21,34H2. The lowest BCUT2D eigenvalue weighted by Crippen LogP contribution is -2.75. The molecule has 6 aromatic carbocycles. The van der Waals surface area contributed by atoms with Crippen LogP contribution in [0.25, 0.3) is 0 Å². The summed E-state index contributed by atoms with van der Waals surface area (Å²) in [7, 11) is -6.81. The first kappa shape index (κ1) is 32.2. The quantitative estimate of drug-likeness (QED) is 0.0891. The van der Waals surface area contributed by atoms with Crippen molar-refractivity contribution in [2.24, 2.45) is 0 Å². The number of benzene rings is 6. The van der Waals surface area contributed by atoms with Gasteiger partial charge in [0.25, 0.3) is 16.6 Å². The van der Waals surface area contributed by atoms with Gasteiger partial charge in [-0.1, -0.05) is 188 Å². The Hall–Kier alpha value is -4.77. The molecule has 0 heterocycles. The van der Waals surface area contributed by atoms with Gasteiger partial charge < -0.3 is 8.69 Å². The lowest BCUT2D eigenvalue weighted by atomic mass is 9.83. The van der Waals surface area contributed by atoms with Gasteiger partial charge in [-0.15, -0.1) is 0 Å². The second kappa shape index (κ2) is 15.7. The molecule has 0 radical (unpaired) electrons. The van der Waals surface area contributed by atoms with Gasteiger partial charge in [-0.2, -0.15) is 5.26 Å². The zero-order valence-corrected chi connectivity index (χ0v) is 28.5. The van der Waals surface area contributed by atoms with E-state index in [0.717, 1.165) is 44.0 Å². The van der Waals surface area contributed by atoms with Crippen LogP contribution in [0.3, 0.4) is 0 Å². The molecule has 0 aliphatic carbocycles. The first-order valence-corrected chi connectivity index (χ1v) is 20.1. The maximum absolute atomic E-state index is 9.40. The SMILES string of the molecule is N#CCCCCB(O[Si](c1ccccc1)(c1ccccc1)c1ccccc1)O[Si](c1ccccc1)(c1ccccc1)c1ccccc1. The third-order valence-electron chi connectivity index (χ3n) is 8.68. The Kier molecular flexibility index (Phi) is 10.7. The molecule has 0 aliphatic heterocycles. The van der Waals surface area contributed by atoms with Crippen LogP contribution in [0.5, 0.6) is 0 Å². The fraction of sp³-hybridized carbons (Fsp3) is 0.0976. The van der Waals surface area contributed by atoms with Crippen LogP contribution in [0.1, 0.15) is 19.3 Å². The summed E-state index contributed by atoms with van der Waals surface area (Å²) in [4.78, 5) is 0. The monoisotopic (exact) mass is 643 g/mol. The molecule has 0 spiro atoms. The van der Waals surface area contributed by atoms with E-state index in [1.807, 2.05) is 0 Å². The summed E-state index contributed by atoms with van der Waals surface area (Å²) < 4.78 is 15.5. The van der Waals surface area contributed by atoms with Crippen molar-refractivity contribution in [1.29, 1.82) is 5.26 Å². The largest absolute Gasteiger partial charge is 0.444 e. The molecular weight excluding hydrogens is 605 g/mol. The van der Waals surface area contributed by atoms with Gasteiger partial charge in [0.15, 0.2) is 0 Å². The Labute approximate surface area is 281 Å². The summed E-state index contributed by atoms with van der Waals surface area (Å²) in [6.45, 7) is 0. The predicted molar refractivity (Wildman–Crippen MR) is 200 cm³/mol. The summed E-state index contributed by atoms with van der Waals surface area (Å²) in [5.74, 6) is 0. The minimum Gasteiger partial charge on any atom is -0.444 e. The van der Waals surface area contributed by atoms with Crippen LogP contribution in [-0.4, -0.2) is 23.8 Å². The van der Waals surface area contributed by atoms with Gasteiger partial charge in [0.2, 0.25) is 0 Å². The number of rotatable bonds is 14. The topological polar surface area (TPSA) is 42.2 Å². The first-order valence-electron chi connectivity index (χ1n) is 16.3. The molecule has 0 amide bonds. The lowest BCUT2D eigenvalue weighted by molar-refractivity contribution is 0.430. The van der Waals surface area contributed by atoms with Crippen LogP contribution < -0.4 is 31.1 Å². The fourth-order valence-corrected chi connectivity index (χ4v) is 14.5. The molecular formula is C41H38BNO2Si2. The molecule has 0 aliphatic rings. The number of hydrogen-bond acceptors (Lipinski definition) is 3. The first-order chi connectivity index (χ1) is 23.3. The van der Waals surface area contributed by atoms with Gasteiger partial charge in [-0.25, -0.2) is 0 Å². The molecule has 0 N–H and O–H groups in total. The van der Waals surface area contributed by atoms with Crippen LogP contribution in [0, 0.1) is 11.3 Å². The smallest absolute Gasteiger partial charge is 0.436 e. The van der Waals surface area contributed by atoms with E-state index in [2.05, 4.69) is 188 Å². The van der Waals surface area contributed by atoms with Crippen molar-refractivity contribution < 1.29 is 8.69 Å². The highest BCUT2D eigenvalue weighted by Crippen LogP contribution is 2.20. The van der Waals surface area contributed by atoms with E-state index in [1.54, 1.807) is 0 Å². The van der Waals surface area contributed by atoms with Crippen molar-refractivity contribution in [3.05, 3.63) is 182 Å². The Morgan fingerprint density at radius 1 is 0.404 bits per heavy atom. The highest BCUT2D eigenvalue weighted by molar-refractivity contribution is 7.12. The number of nitrogens with zero attached hydrogens (tertiary/aromatic N) is 1. The van der Waals surface area contributed by atoms with Crippen LogP contribution in [0.15, 0.2) is 182 Å². The second-order valence-electron chi connectivity index (χ2n) is 11.6. The zero-order chi connectivity index (χ0) is 32.2. The van der Waals surface area contributed by atoms with Crippen LogP contribution >= 0.6 is 0 Å². The summed E-state index contributed by atoms with van der Waals surface area (Å²) in [6, 6.07) is 66.4. The van der Waals surface area contributed by atoms with Crippen LogP contribution in [-0.2, 0) is 8.69 Å². The fourth-order valence-electron chi connectivity index (χ4n) is 6.50. The van der Waals surface area contributed by atoms with Gasteiger partial charge in [-0.3, -0.25) is 0 Å². The molecule has 0 saturated carbocycles. The van der Waals surface area contributed by atoms with Gasteiger partial charge in [-0.05, 0) is 43.9 Å². The van der Waals surface area contributed by atoms with Crippen molar-refractivity contribution in [2.75, 3.05) is 0 Å². The summed E-state index contributed by atoms with van der Waals surface area (Å²) in [6.07, 6.45) is 2.75. The minimum absolute atomic E-state index is 0.504. The van der Waals surface area contributed by atoms with Crippen LogP contribution in [0.4, 0.5) is 0 Å². The normalized spacial score (nSPS) is 11.5. The predicted octanol–water partition coefficient (Wildman–Crippen LogP) is 5.54. The maximum atomic E-state index is 9.40. The number of nitriles is 1. The van der Waals surface area contributed by atoms with Crippen molar-refractivity contribution in [3.63, 3.8) is 0 Å². The van der Waals surface area contributed by atoms with Crippen molar-refractivity contribution in [2.45, 2.75) is 25.6 Å². The molecule has 0 aromatic heterocycles. The molecule has 0 saturated heterocycles. The van der Waals surface area contributed by atoms with Crippen molar-refractivity contribution in [1.82, 2.24) is 0 Å². The van der Waals surface area contributed by atoms with Gasteiger partial charge in [0, 0.05) is 6.42 Å². The third kappa shape index (κ3) is 7.00.